The van der Waals surface area contributed by atoms with Crippen molar-refractivity contribution in [2.75, 3.05) is 0 Å². The third kappa shape index (κ3) is 1.42. The van der Waals surface area contributed by atoms with Gasteiger partial charge in [0.15, 0.2) is 0 Å². The molecule has 0 unspecified atom stereocenters. The van der Waals surface area contributed by atoms with Crippen molar-refractivity contribution in [1.82, 2.24) is 9.61 Å². The number of rotatable bonds is 1. The van der Waals surface area contributed by atoms with Crippen molar-refractivity contribution in [3.8, 4) is 0 Å². The quantitative estimate of drug-likeness (QED) is 0.562. The summed E-state index contributed by atoms with van der Waals surface area (Å²) in [6.07, 6.45) is 0. The van der Waals surface area contributed by atoms with Crippen molar-refractivity contribution in [2.24, 2.45) is 0 Å². The molecule has 17 heavy (non-hydrogen) atoms. The lowest BCUT2D eigenvalue weighted by molar-refractivity contribution is -0.383. The van der Waals surface area contributed by atoms with Crippen LogP contribution in [0.2, 0.25) is 0 Å². The second-order valence-electron chi connectivity index (χ2n) is 4.41. The summed E-state index contributed by atoms with van der Waals surface area (Å²) in [7, 11) is 0. The Hall–Kier alpha value is -1.91. The van der Waals surface area contributed by atoms with Gasteiger partial charge in [0, 0.05) is 5.69 Å². The van der Waals surface area contributed by atoms with E-state index in [1.54, 1.807) is 11.4 Å². The Kier molecular flexibility index (Phi) is 2.41. The second kappa shape index (κ2) is 3.55. The molecule has 0 aliphatic carbocycles. The summed E-state index contributed by atoms with van der Waals surface area (Å²) in [6, 6.07) is 0. The minimum absolute atomic E-state index is 0.119. The molecule has 0 radical (unpaired) electrons. The average molecular weight is 233 g/mol. The lowest BCUT2D eigenvalue weighted by Gasteiger charge is -2.10. The highest BCUT2D eigenvalue weighted by Gasteiger charge is 2.24. The normalized spacial score (nSPS) is 11.1. The van der Waals surface area contributed by atoms with Crippen LogP contribution in [-0.4, -0.2) is 14.5 Å². The van der Waals surface area contributed by atoms with E-state index in [2.05, 4.69) is 5.10 Å². The van der Waals surface area contributed by atoms with Gasteiger partial charge in [0.2, 0.25) is 0 Å². The molecule has 0 atom stereocenters. The molecule has 5 heteroatoms. The van der Waals surface area contributed by atoms with Crippen LogP contribution in [0.1, 0.15) is 28.1 Å². The van der Waals surface area contributed by atoms with Crippen molar-refractivity contribution in [3.63, 3.8) is 0 Å². The van der Waals surface area contributed by atoms with E-state index in [9.17, 15) is 10.1 Å². The van der Waals surface area contributed by atoms with E-state index < -0.39 is 0 Å². The van der Waals surface area contributed by atoms with Crippen LogP contribution in [0.25, 0.3) is 5.52 Å². The maximum atomic E-state index is 11.1. The summed E-state index contributed by atoms with van der Waals surface area (Å²) in [5.74, 6) is 0. The zero-order chi connectivity index (χ0) is 12.9. The first-order chi connectivity index (χ1) is 7.86. The number of nitro groups is 1. The lowest BCUT2D eigenvalue weighted by Crippen LogP contribution is -2.02. The van der Waals surface area contributed by atoms with Gasteiger partial charge in [0.25, 0.3) is 0 Å². The Labute approximate surface area is 99.2 Å². The van der Waals surface area contributed by atoms with Crippen LogP contribution in [0.3, 0.4) is 0 Å². The molecule has 2 aromatic rings. The zero-order valence-electron chi connectivity index (χ0n) is 10.7. The number of hydrogen-bond acceptors (Lipinski definition) is 3. The van der Waals surface area contributed by atoms with E-state index in [4.69, 9.17) is 0 Å². The molecular weight excluding hydrogens is 218 g/mol. The molecule has 2 aromatic heterocycles. The van der Waals surface area contributed by atoms with Crippen molar-refractivity contribution < 1.29 is 4.92 Å². The van der Waals surface area contributed by atoms with Gasteiger partial charge in [-0.3, -0.25) is 10.1 Å². The number of pyridine rings is 1. The van der Waals surface area contributed by atoms with Gasteiger partial charge >= 0.3 is 5.69 Å². The molecule has 5 nitrogen and oxygen atoms in total. The standard InChI is InChI=1S/C12H15N3O2/c1-6-7(2)10(5)14-11(8(6)3)12(15(16)17)9(4)13-14/h1-5H3. The van der Waals surface area contributed by atoms with Crippen LogP contribution >= 0.6 is 0 Å². The Morgan fingerprint density at radius 2 is 1.65 bits per heavy atom. The molecule has 2 heterocycles. The van der Waals surface area contributed by atoms with Gasteiger partial charge in [0.05, 0.1) is 4.92 Å². The first-order valence-electron chi connectivity index (χ1n) is 5.46. The van der Waals surface area contributed by atoms with Crippen LogP contribution in [0.5, 0.6) is 0 Å². The first kappa shape index (κ1) is 11.6. The predicted octanol–water partition coefficient (Wildman–Crippen LogP) is 2.78. The summed E-state index contributed by atoms with van der Waals surface area (Å²) in [5.41, 5.74) is 5.32. The van der Waals surface area contributed by atoms with E-state index in [0.29, 0.717) is 11.2 Å². The molecule has 0 aromatic carbocycles. The Bertz CT molecular complexity index is 641. The Balaban J connectivity index is 3.07. The lowest BCUT2D eigenvalue weighted by atomic mass is 10.0. The molecule has 0 bridgehead atoms. The van der Waals surface area contributed by atoms with Crippen LogP contribution in [0.4, 0.5) is 5.69 Å². The van der Waals surface area contributed by atoms with Crippen LogP contribution in [-0.2, 0) is 0 Å². The van der Waals surface area contributed by atoms with E-state index in [1.165, 1.54) is 0 Å². The maximum Gasteiger partial charge on any atom is 0.317 e. The molecular formula is C12H15N3O2. The number of nitrogens with zero attached hydrogens (tertiary/aromatic N) is 3. The maximum absolute atomic E-state index is 11.1. The Morgan fingerprint density at radius 1 is 1.06 bits per heavy atom. The van der Waals surface area contributed by atoms with Crippen molar-refractivity contribution in [3.05, 3.63) is 38.2 Å². The summed E-state index contributed by atoms with van der Waals surface area (Å²) < 4.78 is 1.69. The van der Waals surface area contributed by atoms with Crippen molar-refractivity contribution in [1.29, 1.82) is 0 Å². The number of fused-ring (bicyclic) bond motifs is 1. The largest absolute Gasteiger partial charge is 0.317 e. The summed E-state index contributed by atoms with van der Waals surface area (Å²) in [6.45, 7) is 9.52. The number of hydrogen-bond donors (Lipinski definition) is 0. The second-order valence-corrected chi connectivity index (χ2v) is 4.41. The molecule has 90 valence electrons. The van der Waals surface area contributed by atoms with Gasteiger partial charge in [-0.15, -0.1) is 0 Å². The van der Waals surface area contributed by atoms with Crippen molar-refractivity contribution in [2.45, 2.75) is 34.6 Å². The minimum Gasteiger partial charge on any atom is -0.258 e. The summed E-state index contributed by atoms with van der Waals surface area (Å²) >= 11 is 0. The topological polar surface area (TPSA) is 60.4 Å². The third-order valence-electron chi connectivity index (χ3n) is 3.55. The number of aromatic nitrogens is 2. The van der Waals surface area contributed by atoms with E-state index in [0.717, 1.165) is 22.4 Å². The molecule has 0 amide bonds. The highest BCUT2D eigenvalue weighted by atomic mass is 16.6. The van der Waals surface area contributed by atoms with E-state index in [-0.39, 0.29) is 10.6 Å². The molecule has 0 spiro atoms. The monoisotopic (exact) mass is 233 g/mol. The smallest absolute Gasteiger partial charge is 0.258 e. The molecule has 0 N–H and O–H groups in total. The Morgan fingerprint density at radius 3 is 2.18 bits per heavy atom. The summed E-state index contributed by atoms with van der Waals surface area (Å²) in [5, 5.41) is 15.4. The van der Waals surface area contributed by atoms with Crippen LogP contribution in [0, 0.1) is 44.7 Å². The van der Waals surface area contributed by atoms with Crippen LogP contribution in [0.15, 0.2) is 0 Å². The molecule has 0 aliphatic rings. The fourth-order valence-electron chi connectivity index (χ4n) is 2.21. The molecule has 0 saturated carbocycles. The highest BCUT2D eigenvalue weighted by molar-refractivity contribution is 5.74. The van der Waals surface area contributed by atoms with Crippen LogP contribution < -0.4 is 0 Å². The van der Waals surface area contributed by atoms with E-state index in [1.807, 2.05) is 27.7 Å². The molecule has 0 fully saturated rings. The van der Waals surface area contributed by atoms with Gasteiger partial charge in [-0.05, 0) is 51.3 Å². The fraction of sp³-hybridized carbons (Fsp3) is 0.417. The predicted molar refractivity (Wildman–Crippen MR) is 65.5 cm³/mol. The zero-order valence-corrected chi connectivity index (χ0v) is 10.7. The number of aryl methyl sites for hydroxylation is 3. The van der Waals surface area contributed by atoms with Gasteiger partial charge in [0.1, 0.15) is 11.2 Å². The summed E-state index contributed by atoms with van der Waals surface area (Å²) in [4.78, 5) is 10.8. The molecule has 0 saturated heterocycles. The van der Waals surface area contributed by atoms with Gasteiger partial charge in [-0.1, -0.05) is 0 Å². The van der Waals surface area contributed by atoms with Gasteiger partial charge < -0.3 is 0 Å². The minimum atomic E-state index is -0.348. The average Bonchev–Trinajstić information content (AvgIpc) is 2.61. The third-order valence-corrected chi connectivity index (χ3v) is 3.55. The SMILES string of the molecule is Cc1nn2c(C)c(C)c(C)c(C)c2c1[N+](=O)[O-]. The van der Waals surface area contributed by atoms with E-state index >= 15 is 0 Å². The fourth-order valence-corrected chi connectivity index (χ4v) is 2.21. The molecule has 0 aliphatic heterocycles. The first-order valence-corrected chi connectivity index (χ1v) is 5.46. The molecule has 2 rings (SSSR count). The van der Waals surface area contributed by atoms with Crippen molar-refractivity contribution >= 4 is 11.2 Å². The van der Waals surface area contributed by atoms with Gasteiger partial charge in [-0.25, -0.2) is 4.52 Å². The van der Waals surface area contributed by atoms with Gasteiger partial charge in [-0.2, -0.15) is 5.10 Å². The highest BCUT2D eigenvalue weighted by Crippen LogP contribution is 2.31.